The molecular formula is C22H24F2N2O. The zero-order chi connectivity index (χ0) is 19.0. The molecule has 2 aromatic rings. The minimum absolute atomic E-state index is 0.0513. The molecular weight excluding hydrogens is 346 g/mol. The number of carbonyl (C=O) groups excluding carboxylic acids is 1. The minimum atomic E-state index is -0.818. The van der Waals surface area contributed by atoms with E-state index in [1.54, 1.807) is 6.07 Å². The summed E-state index contributed by atoms with van der Waals surface area (Å²) in [6.07, 6.45) is 5.34. The Bertz CT molecular complexity index is 855. The number of halogens is 2. The molecule has 0 spiro atoms. The highest BCUT2D eigenvalue weighted by atomic mass is 19.2. The monoisotopic (exact) mass is 370 g/mol. The fourth-order valence-electron chi connectivity index (χ4n) is 4.19. The quantitative estimate of drug-likeness (QED) is 0.765. The van der Waals surface area contributed by atoms with Crippen LogP contribution in [0.5, 0.6) is 0 Å². The van der Waals surface area contributed by atoms with Crippen molar-refractivity contribution < 1.29 is 13.6 Å². The van der Waals surface area contributed by atoms with E-state index in [1.807, 2.05) is 12.1 Å². The number of Topliss-reactive ketones (excluding diaryl/α,β-unsaturated/α-hetero) is 1. The van der Waals surface area contributed by atoms with Gasteiger partial charge in [0.2, 0.25) is 0 Å². The maximum absolute atomic E-state index is 13.5. The molecule has 1 aromatic heterocycles. The average molecular weight is 370 g/mol. The van der Waals surface area contributed by atoms with Crippen LogP contribution in [0.25, 0.3) is 0 Å². The van der Waals surface area contributed by atoms with Gasteiger partial charge in [-0.15, -0.1) is 0 Å². The summed E-state index contributed by atoms with van der Waals surface area (Å²) in [6, 6.07) is 8.08. The van der Waals surface area contributed by atoms with Gasteiger partial charge in [0.1, 0.15) is 5.69 Å². The number of hydrogen-bond acceptors (Lipinski definition) is 3. The van der Waals surface area contributed by atoms with Gasteiger partial charge in [0.15, 0.2) is 17.4 Å². The maximum atomic E-state index is 13.5. The van der Waals surface area contributed by atoms with E-state index < -0.39 is 11.6 Å². The molecule has 2 aliphatic carbocycles. The number of carbonyl (C=O) groups is 1. The molecule has 142 valence electrons. The number of aromatic nitrogens is 1. The fourth-order valence-corrected chi connectivity index (χ4v) is 4.19. The molecule has 2 N–H and O–H groups in total. The first-order chi connectivity index (χ1) is 13.1. The molecule has 0 saturated heterocycles. The molecule has 2 saturated carbocycles. The number of benzene rings is 1. The number of nitrogens with two attached hydrogens (primary N) is 1. The molecule has 3 nitrogen and oxygen atoms in total. The Morgan fingerprint density at radius 1 is 0.963 bits per heavy atom. The number of nitrogens with zero attached hydrogens (tertiary/aromatic N) is 1. The first-order valence-corrected chi connectivity index (χ1v) is 9.76. The summed E-state index contributed by atoms with van der Waals surface area (Å²) >= 11 is 0. The second-order valence-corrected chi connectivity index (χ2v) is 7.81. The summed E-state index contributed by atoms with van der Waals surface area (Å²) in [7, 11) is 0. The van der Waals surface area contributed by atoms with Crippen molar-refractivity contribution in [2.45, 2.75) is 56.9 Å². The van der Waals surface area contributed by atoms with Gasteiger partial charge in [0.25, 0.3) is 0 Å². The summed E-state index contributed by atoms with van der Waals surface area (Å²) in [5, 5.41) is 0. The second kappa shape index (κ2) is 7.47. The SMILES string of the molecule is NCc1ccc(C2CC2)c(C(=O)C2CCC(c3ccc(F)c(F)c3)CC2)n1. The molecule has 0 amide bonds. The van der Waals surface area contributed by atoms with Gasteiger partial charge >= 0.3 is 0 Å². The van der Waals surface area contributed by atoms with Gasteiger partial charge in [-0.05, 0) is 79.7 Å². The van der Waals surface area contributed by atoms with Gasteiger partial charge in [-0.2, -0.15) is 0 Å². The molecule has 5 heteroatoms. The van der Waals surface area contributed by atoms with Gasteiger partial charge in [0, 0.05) is 12.5 Å². The first-order valence-electron chi connectivity index (χ1n) is 9.76. The van der Waals surface area contributed by atoms with Crippen molar-refractivity contribution in [3.05, 3.63) is 64.5 Å². The van der Waals surface area contributed by atoms with Gasteiger partial charge in [-0.1, -0.05) is 12.1 Å². The van der Waals surface area contributed by atoms with Crippen molar-refractivity contribution in [2.75, 3.05) is 0 Å². The van der Waals surface area contributed by atoms with Crippen LogP contribution in [-0.2, 0) is 6.54 Å². The van der Waals surface area contributed by atoms with Crippen LogP contribution in [0.1, 0.15) is 77.7 Å². The lowest BCUT2D eigenvalue weighted by Gasteiger charge is -2.28. The molecule has 0 atom stereocenters. The highest BCUT2D eigenvalue weighted by Crippen LogP contribution is 2.43. The molecule has 1 heterocycles. The number of ketones is 1. The Morgan fingerprint density at radius 2 is 1.67 bits per heavy atom. The molecule has 0 unspecified atom stereocenters. The van der Waals surface area contributed by atoms with E-state index in [2.05, 4.69) is 4.98 Å². The van der Waals surface area contributed by atoms with Gasteiger partial charge in [-0.25, -0.2) is 13.8 Å². The standard InChI is InChI=1S/C22H24F2N2O/c23-19-10-7-16(11-20(19)24)13-1-5-15(6-2-13)22(27)21-18(14-3-4-14)9-8-17(12-25)26-21/h7-11,13-15H,1-6,12,25H2. The van der Waals surface area contributed by atoms with E-state index in [1.165, 1.54) is 12.1 Å². The van der Waals surface area contributed by atoms with E-state index >= 15 is 0 Å². The third-order valence-electron chi connectivity index (χ3n) is 5.96. The van der Waals surface area contributed by atoms with Crippen LogP contribution in [0.3, 0.4) is 0 Å². The van der Waals surface area contributed by atoms with Crippen molar-refractivity contribution in [2.24, 2.45) is 11.7 Å². The number of rotatable bonds is 5. The normalized spacial score (nSPS) is 22.6. The van der Waals surface area contributed by atoms with Crippen molar-refractivity contribution in [1.82, 2.24) is 4.98 Å². The van der Waals surface area contributed by atoms with Gasteiger partial charge < -0.3 is 5.73 Å². The summed E-state index contributed by atoms with van der Waals surface area (Å²) < 4.78 is 26.7. The van der Waals surface area contributed by atoms with E-state index in [0.29, 0.717) is 18.2 Å². The molecule has 0 radical (unpaired) electrons. The van der Waals surface area contributed by atoms with Crippen LogP contribution >= 0.6 is 0 Å². The summed E-state index contributed by atoms with van der Waals surface area (Å²) in [5.41, 5.74) is 8.96. The Hall–Kier alpha value is -2.14. The average Bonchev–Trinajstić information content (AvgIpc) is 3.54. The van der Waals surface area contributed by atoms with Crippen LogP contribution in [-0.4, -0.2) is 10.8 Å². The van der Waals surface area contributed by atoms with E-state index in [-0.39, 0.29) is 17.6 Å². The molecule has 0 aliphatic heterocycles. The largest absolute Gasteiger partial charge is 0.325 e. The zero-order valence-corrected chi connectivity index (χ0v) is 15.3. The smallest absolute Gasteiger partial charge is 0.184 e. The predicted octanol–water partition coefficient (Wildman–Crippen LogP) is 4.85. The maximum Gasteiger partial charge on any atom is 0.184 e. The Morgan fingerprint density at radius 3 is 2.30 bits per heavy atom. The van der Waals surface area contributed by atoms with Crippen LogP contribution in [0.15, 0.2) is 30.3 Å². The van der Waals surface area contributed by atoms with Crippen molar-refractivity contribution in [3.63, 3.8) is 0 Å². The Balaban J connectivity index is 1.48. The van der Waals surface area contributed by atoms with Crippen molar-refractivity contribution in [3.8, 4) is 0 Å². The number of pyridine rings is 1. The Kier molecular flexibility index (Phi) is 5.04. The molecule has 4 rings (SSSR count). The lowest BCUT2D eigenvalue weighted by Crippen LogP contribution is -2.24. The van der Waals surface area contributed by atoms with E-state index in [4.69, 9.17) is 5.73 Å². The zero-order valence-electron chi connectivity index (χ0n) is 15.3. The summed E-state index contributed by atoms with van der Waals surface area (Å²) in [5.74, 6) is -0.915. The molecule has 2 fully saturated rings. The molecule has 2 aliphatic rings. The highest BCUT2D eigenvalue weighted by Gasteiger charge is 2.34. The third-order valence-corrected chi connectivity index (χ3v) is 5.96. The van der Waals surface area contributed by atoms with E-state index in [0.717, 1.165) is 55.3 Å². The summed E-state index contributed by atoms with van der Waals surface area (Å²) in [4.78, 5) is 17.7. The van der Waals surface area contributed by atoms with Crippen LogP contribution in [0.2, 0.25) is 0 Å². The van der Waals surface area contributed by atoms with Crippen LogP contribution in [0, 0.1) is 17.6 Å². The second-order valence-electron chi connectivity index (χ2n) is 7.81. The third kappa shape index (κ3) is 3.79. The lowest BCUT2D eigenvalue weighted by atomic mass is 9.76. The van der Waals surface area contributed by atoms with Crippen LogP contribution < -0.4 is 5.73 Å². The summed E-state index contributed by atoms with van der Waals surface area (Å²) in [6.45, 7) is 0.327. The first kappa shape index (κ1) is 18.2. The van der Waals surface area contributed by atoms with Gasteiger partial charge in [0.05, 0.1) is 5.69 Å². The molecule has 0 bridgehead atoms. The Labute approximate surface area is 158 Å². The van der Waals surface area contributed by atoms with Crippen molar-refractivity contribution >= 4 is 5.78 Å². The number of hydrogen-bond donors (Lipinski definition) is 1. The van der Waals surface area contributed by atoms with Crippen LogP contribution in [0.4, 0.5) is 8.78 Å². The minimum Gasteiger partial charge on any atom is -0.325 e. The van der Waals surface area contributed by atoms with E-state index in [9.17, 15) is 13.6 Å². The highest BCUT2D eigenvalue weighted by molar-refractivity contribution is 5.97. The predicted molar refractivity (Wildman–Crippen MR) is 99.5 cm³/mol. The van der Waals surface area contributed by atoms with Gasteiger partial charge in [-0.3, -0.25) is 4.79 Å². The molecule has 27 heavy (non-hydrogen) atoms. The van der Waals surface area contributed by atoms with Crippen molar-refractivity contribution in [1.29, 1.82) is 0 Å². The lowest BCUT2D eigenvalue weighted by molar-refractivity contribution is 0.0877. The fraction of sp³-hybridized carbons (Fsp3) is 0.455. The molecule has 1 aromatic carbocycles. The topological polar surface area (TPSA) is 56.0 Å².